The van der Waals surface area contributed by atoms with Crippen LogP contribution in [0.15, 0.2) is 45.2 Å². The van der Waals surface area contributed by atoms with Gasteiger partial charge in [-0.05, 0) is 17.7 Å². The highest BCUT2D eigenvalue weighted by molar-refractivity contribution is 7.92. The lowest BCUT2D eigenvalue weighted by Crippen LogP contribution is -2.48. The number of aromatic nitrogens is 2. The van der Waals surface area contributed by atoms with Gasteiger partial charge >= 0.3 is 0 Å². The van der Waals surface area contributed by atoms with Gasteiger partial charge in [-0.25, -0.2) is 43.1 Å². The summed E-state index contributed by atoms with van der Waals surface area (Å²) in [5.41, 5.74) is 15.1. The molecule has 0 aliphatic carbocycles. The van der Waals surface area contributed by atoms with E-state index in [2.05, 4.69) is 25.1 Å². The maximum atomic E-state index is 13.3. The average Bonchev–Trinajstić information content (AvgIpc) is 3.22. The summed E-state index contributed by atoms with van der Waals surface area (Å²) in [6.07, 6.45) is 0. The summed E-state index contributed by atoms with van der Waals surface area (Å²) < 4.78 is 60.0. The SMILES string of the molecule is NN/N=C(\N)c1c(-c2cccc3[nH]c(N)nc23)ccc(S(=O)(=O)NCC2COCCN2)c1S(N)(=O)=O. The Morgan fingerprint density at radius 1 is 1.19 bits per heavy atom. The number of hydrazone groups is 1. The van der Waals surface area contributed by atoms with Crippen molar-refractivity contribution in [3.63, 3.8) is 0 Å². The second kappa shape index (κ2) is 9.97. The monoisotopic (exact) mass is 538 g/mol. The predicted octanol–water partition coefficient (Wildman–Crippen LogP) is -2.19. The highest BCUT2D eigenvalue weighted by Crippen LogP contribution is 2.36. The number of nitrogens with two attached hydrogens (primary N) is 4. The number of nitrogens with zero attached hydrogens (tertiary/aromatic N) is 2. The van der Waals surface area contributed by atoms with Gasteiger partial charge in [0.1, 0.15) is 9.79 Å². The molecule has 0 saturated carbocycles. The summed E-state index contributed by atoms with van der Waals surface area (Å²) in [7, 11) is -9.06. The minimum Gasteiger partial charge on any atom is -0.382 e. The van der Waals surface area contributed by atoms with Crippen LogP contribution in [0, 0.1) is 0 Å². The minimum absolute atomic E-state index is 0.0523. The smallest absolute Gasteiger partial charge is 0.242 e. The molecule has 1 aliphatic heterocycles. The lowest BCUT2D eigenvalue weighted by Gasteiger charge is -2.24. The molecule has 4 rings (SSSR count). The van der Waals surface area contributed by atoms with Crippen molar-refractivity contribution in [1.29, 1.82) is 0 Å². The van der Waals surface area contributed by atoms with Crippen LogP contribution in [0.4, 0.5) is 5.95 Å². The molecule has 12 N–H and O–H groups in total. The van der Waals surface area contributed by atoms with Gasteiger partial charge in [0, 0.05) is 30.3 Å². The zero-order valence-corrected chi connectivity index (χ0v) is 20.5. The lowest BCUT2D eigenvalue weighted by molar-refractivity contribution is 0.0784. The number of H-pyrrole nitrogens is 1. The van der Waals surface area contributed by atoms with E-state index in [0.717, 1.165) is 6.07 Å². The van der Waals surface area contributed by atoms with Crippen LogP contribution in [0.5, 0.6) is 0 Å². The number of anilines is 1. The van der Waals surface area contributed by atoms with Crippen LogP contribution in [0.1, 0.15) is 5.56 Å². The molecule has 36 heavy (non-hydrogen) atoms. The van der Waals surface area contributed by atoms with Gasteiger partial charge in [0.2, 0.25) is 20.0 Å². The van der Waals surface area contributed by atoms with E-state index < -0.39 is 35.7 Å². The maximum Gasteiger partial charge on any atom is 0.242 e. The van der Waals surface area contributed by atoms with Crippen LogP contribution in [-0.2, 0) is 24.8 Å². The number of primary sulfonamides is 1. The topological polar surface area (TPSA) is 259 Å². The number of para-hydroxylation sites is 1. The van der Waals surface area contributed by atoms with Crippen LogP contribution in [-0.4, -0.2) is 65.0 Å². The molecule has 1 atom stereocenters. The Bertz CT molecular complexity index is 1530. The lowest BCUT2D eigenvalue weighted by atomic mass is 9.97. The molecule has 2 aromatic carbocycles. The molecule has 1 fully saturated rings. The van der Waals surface area contributed by atoms with Crippen molar-refractivity contribution in [3.05, 3.63) is 35.9 Å². The average molecular weight is 539 g/mol. The van der Waals surface area contributed by atoms with Crippen molar-refractivity contribution in [3.8, 4) is 11.1 Å². The molecule has 3 aromatic rings. The first-order valence-electron chi connectivity index (χ1n) is 10.6. The first-order valence-corrected chi connectivity index (χ1v) is 13.6. The fourth-order valence-electron chi connectivity index (χ4n) is 3.97. The molecule has 0 radical (unpaired) electrons. The molecule has 1 saturated heterocycles. The van der Waals surface area contributed by atoms with E-state index in [1.54, 1.807) is 18.2 Å². The number of nitrogens with one attached hydrogen (secondary N) is 4. The molecular weight excluding hydrogens is 512 g/mol. The Balaban J connectivity index is 1.95. The van der Waals surface area contributed by atoms with E-state index in [4.69, 9.17) is 27.2 Å². The third-order valence-corrected chi connectivity index (χ3v) is 8.06. The number of morpholine rings is 1. The van der Waals surface area contributed by atoms with Gasteiger partial charge in [-0.2, -0.15) is 0 Å². The highest BCUT2D eigenvalue weighted by Gasteiger charge is 2.32. The Labute approximate surface area is 206 Å². The summed E-state index contributed by atoms with van der Waals surface area (Å²) in [4.78, 5) is 5.77. The number of imidazole rings is 1. The van der Waals surface area contributed by atoms with Crippen molar-refractivity contribution in [1.82, 2.24) is 25.5 Å². The number of ether oxygens (including phenoxy) is 1. The Kier molecular flexibility index (Phi) is 7.14. The van der Waals surface area contributed by atoms with Crippen LogP contribution in [0.25, 0.3) is 22.2 Å². The molecule has 0 amide bonds. The number of hydrogen-bond donors (Lipinski definition) is 8. The first-order chi connectivity index (χ1) is 17.0. The molecular formula is C19H26N10O5S2. The molecule has 2 heterocycles. The van der Waals surface area contributed by atoms with Gasteiger partial charge in [0.05, 0.1) is 24.2 Å². The summed E-state index contributed by atoms with van der Waals surface area (Å²) >= 11 is 0. The number of fused-ring (bicyclic) bond motifs is 1. The summed E-state index contributed by atoms with van der Waals surface area (Å²) in [6.45, 7) is 1.29. The summed E-state index contributed by atoms with van der Waals surface area (Å²) in [5.74, 6) is 4.99. The van der Waals surface area contributed by atoms with Crippen LogP contribution in [0.2, 0.25) is 0 Å². The molecule has 15 nitrogen and oxygen atoms in total. The number of sulfonamides is 2. The van der Waals surface area contributed by atoms with E-state index in [1.807, 2.05) is 5.53 Å². The molecule has 0 spiro atoms. The highest BCUT2D eigenvalue weighted by atomic mass is 32.2. The number of aromatic amines is 1. The Hall–Kier alpha value is -3.32. The number of rotatable bonds is 8. The molecule has 1 aromatic heterocycles. The Morgan fingerprint density at radius 3 is 2.64 bits per heavy atom. The van der Waals surface area contributed by atoms with E-state index in [-0.39, 0.29) is 36.3 Å². The normalized spacial score (nSPS) is 17.4. The number of benzene rings is 2. The number of nitrogen functional groups attached to an aromatic ring is 1. The predicted molar refractivity (Wildman–Crippen MR) is 133 cm³/mol. The molecule has 1 unspecified atom stereocenters. The number of amidine groups is 1. The second-order valence-corrected chi connectivity index (χ2v) is 11.1. The summed E-state index contributed by atoms with van der Waals surface area (Å²) in [6, 6.07) is 7.24. The van der Waals surface area contributed by atoms with E-state index in [1.165, 1.54) is 6.07 Å². The minimum atomic E-state index is -4.67. The van der Waals surface area contributed by atoms with Gasteiger partial charge < -0.3 is 26.5 Å². The van der Waals surface area contributed by atoms with E-state index >= 15 is 0 Å². The van der Waals surface area contributed by atoms with Crippen molar-refractivity contribution in [2.24, 2.45) is 21.8 Å². The van der Waals surface area contributed by atoms with Gasteiger partial charge in [-0.1, -0.05) is 18.2 Å². The first kappa shape index (κ1) is 25.8. The van der Waals surface area contributed by atoms with Gasteiger partial charge in [0.15, 0.2) is 11.8 Å². The van der Waals surface area contributed by atoms with Crippen molar-refractivity contribution < 1.29 is 21.6 Å². The number of hydrogen-bond acceptors (Lipinski definition) is 11. The molecule has 17 heteroatoms. The van der Waals surface area contributed by atoms with E-state index in [0.29, 0.717) is 29.7 Å². The van der Waals surface area contributed by atoms with Crippen LogP contribution >= 0.6 is 0 Å². The largest absolute Gasteiger partial charge is 0.382 e. The third-order valence-electron chi connectivity index (χ3n) is 5.48. The summed E-state index contributed by atoms with van der Waals surface area (Å²) in [5, 5.41) is 12.3. The van der Waals surface area contributed by atoms with Crippen molar-refractivity contribution in [2.45, 2.75) is 15.8 Å². The van der Waals surface area contributed by atoms with Gasteiger partial charge in [-0.3, -0.25) is 0 Å². The van der Waals surface area contributed by atoms with E-state index in [9.17, 15) is 16.8 Å². The Morgan fingerprint density at radius 2 is 1.97 bits per heavy atom. The molecule has 1 aliphatic rings. The van der Waals surface area contributed by atoms with Crippen LogP contribution in [0.3, 0.4) is 0 Å². The van der Waals surface area contributed by atoms with Crippen LogP contribution < -0.4 is 38.0 Å². The van der Waals surface area contributed by atoms with Crippen molar-refractivity contribution in [2.75, 3.05) is 32.0 Å². The zero-order chi connectivity index (χ0) is 26.1. The third kappa shape index (κ3) is 5.12. The molecule has 194 valence electrons. The number of hydrazine groups is 1. The van der Waals surface area contributed by atoms with Crippen molar-refractivity contribution >= 4 is 42.9 Å². The standard InChI is InChI=1S/C19H26N10O5S2/c20-18(28-29-22)15-11(12-2-1-3-13-16(12)27-19(21)26-13)4-5-14(17(15)35(23,30)31)36(32,33)25-8-10-9-34-7-6-24-10/h1-5,10,24-25,29H,6-9,22H2,(H2,20,28)(H3,21,26,27)(H2,23,30,31). The zero-order valence-electron chi connectivity index (χ0n) is 18.9. The van der Waals surface area contributed by atoms with Gasteiger partial charge in [-0.15, -0.1) is 5.10 Å². The van der Waals surface area contributed by atoms with Gasteiger partial charge in [0.25, 0.3) is 0 Å². The maximum absolute atomic E-state index is 13.3. The second-order valence-electron chi connectivity index (χ2n) is 7.89. The fraction of sp³-hybridized carbons (Fsp3) is 0.263. The fourth-order valence-corrected chi connectivity index (χ4v) is 6.66. The quantitative estimate of drug-likeness (QED) is 0.0661. The molecule has 0 bridgehead atoms.